The summed E-state index contributed by atoms with van der Waals surface area (Å²) in [5, 5.41) is 6.40. The number of methoxy groups -OCH3 is 1. The van der Waals surface area contributed by atoms with Crippen LogP contribution in [0.15, 0.2) is 61.2 Å². The number of morpholine rings is 1. The van der Waals surface area contributed by atoms with Crippen LogP contribution >= 0.6 is 11.6 Å². The third-order valence-electron chi connectivity index (χ3n) is 7.15. The number of rotatable bonds is 11. The number of pyridine rings is 1. The Labute approximate surface area is 255 Å². The van der Waals surface area contributed by atoms with E-state index in [4.69, 9.17) is 26.1 Å². The maximum Gasteiger partial charge on any atom is 0.267 e. The molecular formula is C31H34ClN7O4. The highest BCUT2D eigenvalue weighted by molar-refractivity contribution is 6.31. The van der Waals surface area contributed by atoms with Crippen LogP contribution in [0.5, 0.6) is 0 Å². The Balaban J connectivity index is 1.44. The van der Waals surface area contributed by atoms with Gasteiger partial charge in [-0.25, -0.2) is 9.97 Å². The minimum atomic E-state index is -0.288. The number of carbonyl (C=O) groups excluding carboxylic acids is 2. The van der Waals surface area contributed by atoms with Crippen molar-refractivity contribution in [3.63, 3.8) is 0 Å². The molecule has 11 nitrogen and oxygen atoms in total. The van der Waals surface area contributed by atoms with Gasteiger partial charge in [0.1, 0.15) is 5.69 Å². The van der Waals surface area contributed by atoms with Gasteiger partial charge in [0.15, 0.2) is 0 Å². The number of aromatic amines is 1. The Morgan fingerprint density at radius 3 is 2.65 bits per heavy atom. The predicted octanol–water partition coefficient (Wildman–Crippen LogP) is 3.85. The van der Waals surface area contributed by atoms with Crippen molar-refractivity contribution in [2.24, 2.45) is 5.92 Å². The van der Waals surface area contributed by atoms with Gasteiger partial charge in [0.05, 0.1) is 31.4 Å². The van der Waals surface area contributed by atoms with Crippen molar-refractivity contribution in [1.82, 2.24) is 30.6 Å². The first-order valence-electron chi connectivity index (χ1n) is 14.0. The van der Waals surface area contributed by atoms with E-state index < -0.39 is 0 Å². The zero-order chi connectivity index (χ0) is 30.2. The van der Waals surface area contributed by atoms with Gasteiger partial charge in [-0.2, -0.15) is 0 Å². The lowest BCUT2D eigenvalue weighted by Crippen LogP contribution is -2.37. The van der Waals surface area contributed by atoms with Crippen LogP contribution < -0.4 is 15.5 Å². The number of aromatic nitrogens is 4. The first-order chi connectivity index (χ1) is 20.9. The molecule has 5 rings (SSSR count). The summed E-state index contributed by atoms with van der Waals surface area (Å²) >= 11 is 6.52. The summed E-state index contributed by atoms with van der Waals surface area (Å²) in [4.78, 5) is 44.3. The molecule has 4 aromatic rings. The molecule has 0 radical (unpaired) electrons. The molecule has 1 atom stereocenters. The van der Waals surface area contributed by atoms with E-state index in [1.807, 2.05) is 24.3 Å². The lowest BCUT2D eigenvalue weighted by atomic mass is 10.00. The molecule has 12 heteroatoms. The number of ether oxygens (including phenoxy) is 2. The first-order valence-corrected chi connectivity index (χ1v) is 14.4. The van der Waals surface area contributed by atoms with Crippen LogP contribution in [0.4, 0.5) is 5.95 Å². The van der Waals surface area contributed by atoms with Crippen LogP contribution in [0, 0.1) is 5.92 Å². The third kappa shape index (κ3) is 7.56. The van der Waals surface area contributed by atoms with Crippen molar-refractivity contribution in [3.8, 4) is 22.4 Å². The van der Waals surface area contributed by atoms with E-state index in [9.17, 15) is 9.59 Å². The number of nitrogens with zero attached hydrogens (tertiary/aromatic N) is 4. The summed E-state index contributed by atoms with van der Waals surface area (Å²) in [7, 11) is 1.57. The number of H-pyrrole nitrogens is 1. The first kappa shape index (κ1) is 30.1. The van der Waals surface area contributed by atoms with E-state index in [0.29, 0.717) is 61.8 Å². The summed E-state index contributed by atoms with van der Waals surface area (Å²) in [6.07, 6.45) is 6.93. The van der Waals surface area contributed by atoms with Crippen molar-refractivity contribution in [3.05, 3.63) is 83.0 Å². The minimum absolute atomic E-state index is 0.121. The average Bonchev–Trinajstić information content (AvgIpc) is 3.54. The zero-order valence-corrected chi connectivity index (χ0v) is 24.9. The average molecular weight is 604 g/mol. The van der Waals surface area contributed by atoms with Crippen LogP contribution in [-0.2, 0) is 27.4 Å². The van der Waals surface area contributed by atoms with Crippen LogP contribution in [-0.4, -0.2) is 71.8 Å². The van der Waals surface area contributed by atoms with Crippen molar-refractivity contribution < 1.29 is 19.1 Å². The van der Waals surface area contributed by atoms with E-state index >= 15 is 0 Å². The number of nitrogens with one attached hydrogen (secondary N) is 3. The monoisotopic (exact) mass is 603 g/mol. The number of anilines is 1. The maximum absolute atomic E-state index is 13.0. The van der Waals surface area contributed by atoms with Crippen molar-refractivity contribution in [1.29, 1.82) is 0 Å². The molecule has 1 aliphatic rings. The van der Waals surface area contributed by atoms with Gasteiger partial charge in [-0.15, -0.1) is 0 Å². The topological polar surface area (TPSA) is 134 Å². The van der Waals surface area contributed by atoms with E-state index in [-0.39, 0.29) is 24.3 Å². The summed E-state index contributed by atoms with van der Waals surface area (Å²) < 4.78 is 10.6. The Bertz CT molecular complexity index is 1560. The van der Waals surface area contributed by atoms with Gasteiger partial charge >= 0.3 is 0 Å². The molecule has 4 heterocycles. The molecule has 0 spiro atoms. The van der Waals surface area contributed by atoms with Crippen LogP contribution in [0.1, 0.15) is 28.5 Å². The fourth-order valence-electron chi connectivity index (χ4n) is 4.72. The van der Waals surface area contributed by atoms with E-state index in [2.05, 4.69) is 30.5 Å². The van der Waals surface area contributed by atoms with Crippen LogP contribution in [0.3, 0.4) is 0 Å². The van der Waals surface area contributed by atoms with Crippen LogP contribution in [0.25, 0.3) is 22.4 Å². The number of benzene rings is 1. The lowest BCUT2D eigenvalue weighted by Gasteiger charge is -2.27. The van der Waals surface area contributed by atoms with Gasteiger partial charge in [-0.1, -0.05) is 24.6 Å². The van der Waals surface area contributed by atoms with E-state index in [0.717, 1.165) is 27.8 Å². The van der Waals surface area contributed by atoms with Gasteiger partial charge in [0.2, 0.25) is 11.9 Å². The van der Waals surface area contributed by atoms with Gasteiger partial charge in [-0.3, -0.25) is 14.6 Å². The highest BCUT2D eigenvalue weighted by Gasteiger charge is 2.20. The molecule has 2 amide bonds. The van der Waals surface area contributed by atoms with Gasteiger partial charge in [0.25, 0.3) is 5.91 Å². The SMILES string of the molecule is COCC(C)C(=O)NCc1cc(-c2cnc(N3CCOCC3)nc2-c2c[nH]c(C(=O)NCc3ccncc3)c2)ccc1Cl. The molecule has 224 valence electrons. The fourth-order valence-corrected chi connectivity index (χ4v) is 4.90. The quantitative estimate of drug-likeness (QED) is 0.235. The lowest BCUT2D eigenvalue weighted by molar-refractivity contribution is -0.126. The smallest absolute Gasteiger partial charge is 0.267 e. The molecule has 0 bridgehead atoms. The van der Waals surface area contributed by atoms with Crippen LogP contribution in [0.2, 0.25) is 5.02 Å². The Kier molecular flexibility index (Phi) is 9.98. The number of hydrogen-bond donors (Lipinski definition) is 3. The largest absolute Gasteiger partial charge is 0.384 e. The molecule has 1 fully saturated rings. The number of halogens is 1. The molecule has 1 aromatic carbocycles. The molecule has 1 unspecified atom stereocenters. The second-order valence-corrected chi connectivity index (χ2v) is 10.7. The van der Waals surface area contributed by atoms with Crippen molar-refractivity contribution in [2.75, 3.05) is 44.9 Å². The summed E-state index contributed by atoms with van der Waals surface area (Å²) in [6.45, 7) is 5.33. The summed E-state index contributed by atoms with van der Waals surface area (Å²) in [5.41, 5.74) is 5.10. The molecular weight excluding hydrogens is 570 g/mol. The minimum Gasteiger partial charge on any atom is -0.384 e. The molecule has 43 heavy (non-hydrogen) atoms. The standard InChI is InChI=1S/C31H34ClN7O4/c1-20(19-42-2)29(40)36-16-23-13-22(3-4-26(23)32)25-18-37-31(39-9-11-43-12-10-39)38-28(25)24-14-27(34-17-24)30(41)35-15-21-5-7-33-8-6-21/h3-8,13-14,17-18,20,34H,9-12,15-16,19H2,1-2H3,(H,35,41)(H,36,40). The predicted molar refractivity (Wildman–Crippen MR) is 164 cm³/mol. The van der Waals surface area contributed by atoms with Gasteiger partial charge in [-0.05, 0) is 47.0 Å². The fraction of sp³-hybridized carbons (Fsp3) is 0.323. The molecule has 1 saturated heterocycles. The number of hydrogen-bond acceptors (Lipinski definition) is 8. The third-order valence-corrected chi connectivity index (χ3v) is 7.52. The maximum atomic E-state index is 13.0. The molecule has 3 N–H and O–H groups in total. The molecule has 0 saturated carbocycles. The van der Waals surface area contributed by atoms with E-state index in [1.165, 1.54) is 0 Å². The Hall–Kier alpha value is -4.32. The summed E-state index contributed by atoms with van der Waals surface area (Å²) in [6, 6.07) is 11.1. The molecule has 0 aliphatic carbocycles. The second kappa shape index (κ2) is 14.2. The van der Waals surface area contributed by atoms with Gasteiger partial charge < -0.3 is 30.0 Å². The number of amides is 2. The summed E-state index contributed by atoms with van der Waals surface area (Å²) in [5.74, 6) is -0.0616. The Morgan fingerprint density at radius 1 is 1.09 bits per heavy atom. The number of carbonyl (C=O) groups is 2. The van der Waals surface area contributed by atoms with Gasteiger partial charge in [0, 0.05) is 74.2 Å². The zero-order valence-electron chi connectivity index (χ0n) is 24.1. The normalized spacial score (nSPS) is 13.9. The van der Waals surface area contributed by atoms with Crippen molar-refractivity contribution >= 4 is 29.4 Å². The second-order valence-electron chi connectivity index (χ2n) is 10.3. The highest BCUT2D eigenvalue weighted by atomic mass is 35.5. The highest BCUT2D eigenvalue weighted by Crippen LogP contribution is 2.34. The molecule has 3 aromatic heterocycles. The Morgan fingerprint density at radius 2 is 1.88 bits per heavy atom. The van der Waals surface area contributed by atoms with Crippen molar-refractivity contribution in [2.45, 2.75) is 20.0 Å². The molecule has 1 aliphatic heterocycles. The van der Waals surface area contributed by atoms with E-state index in [1.54, 1.807) is 51.0 Å².